The molecular weight excluding hydrogens is 306 g/mol. The van der Waals surface area contributed by atoms with Gasteiger partial charge in [0.2, 0.25) is 0 Å². The van der Waals surface area contributed by atoms with Crippen LogP contribution in [0.2, 0.25) is 5.02 Å². The fourth-order valence-electron chi connectivity index (χ4n) is 1.76. The summed E-state index contributed by atoms with van der Waals surface area (Å²) in [5.74, 6) is 0.199. The second-order valence-corrected chi connectivity index (χ2v) is 5.00. The molecule has 1 aromatic heterocycles. The van der Waals surface area contributed by atoms with Gasteiger partial charge in [-0.15, -0.1) is 0 Å². The summed E-state index contributed by atoms with van der Waals surface area (Å²) < 4.78 is 5.77. The molecule has 1 aromatic carbocycles. The van der Waals surface area contributed by atoms with E-state index in [1.54, 1.807) is 12.1 Å². The molecule has 22 heavy (non-hydrogen) atoms. The van der Waals surface area contributed by atoms with Gasteiger partial charge in [-0.1, -0.05) is 30.7 Å². The summed E-state index contributed by atoms with van der Waals surface area (Å²) in [6.45, 7) is 2.26. The normalized spacial score (nSPS) is 11.7. The minimum Gasteiger partial charge on any atom is -0.487 e. The Morgan fingerprint density at radius 2 is 2.14 bits per heavy atom. The van der Waals surface area contributed by atoms with Crippen molar-refractivity contribution in [3.63, 3.8) is 0 Å². The first kappa shape index (κ1) is 16.0. The summed E-state index contributed by atoms with van der Waals surface area (Å²) in [5.41, 5.74) is -0.211. The van der Waals surface area contributed by atoms with E-state index < -0.39 is 0 Å². The van der Waals surface area contributed by atoms with Crippen molar-refractivity contribution in [2.24, 2.45) is 0 Å². The minimum atomic E-state index is -0.377. The van der Waals surface area contributed by atoms with Gasteiger partial charge in [-0.2, -0.15) is 5.10 Å². The van der Waals surface area contributed by atoms with E-state index in [1.807, 2.05) is 19.1 Å². The molecular formula is C15H16ClN3O3. The number of amides is 1. The highest BCUT2D eigenvalue weighted by Crippen LogP contribution is 2.24. The Labute approximate surface area is 132 Å². The Morgan fingerprint density at radius 3 is 2.77 bits per heavy atom. The van der Waals surface area contributed by atoms with Crippen molar-refractivity contribution in [3.8, 4) is 5.75 Å². The van der Waals surface area contributed by atoms with E-state index in [0.717, 1.165) is 0 Å². The monoisotopic (exact) mass is 321 g/mol. The molecule has 0 unspecified atom stereocenters. The number of aromatic nitrogens is 2. The van der Waals surface area contributed by atoms with Gasteiger partial charge in [0.15, 0.2) is 0 Å². The summed E-state index contributed by atoms with van der Waals surface area (Å²) in [6.07, 6.45) is 0.483. The van der Waals surface area contributed by atoms with Crippen molar-refractivity contribution in [2.75, 3.05) is 6.54 Å². The van der Waals surface area contributed by atoms with Gasteiger partial charge in [-0.25, -0.2) is 5.10 Å². The van der Waals surface area contributed by atoms with Crippen molar-refractivity contribution in [1.82, 2.24) is 15.5 Å². The fraction of sp³-hybridized carbons (Fsp3) is 0.267. The quantitative estimate of drug-likeness (QED) is 0.852. The summed E-state index contributed by atoms with van der Waals surface area (Å²) in [6, 6.07) is 9.78. The Bertz CT molecular complexity index is 682. The number of benzene rings is 1. The van der Waals surface area contributed by atoms with Crippen molar-refractivity contribution in [3.05, 3.63) is 57.5 Å². The highest BCUT2D eigenvalue weighted by Gasteiger charge is 2.13. The molecule has 1 atom stereocenters. The van der Waals surface area contributed by atoms with Gasteiger partial charge in [0.1, 0.15) is 17.5 Å². The summed E-state index contributed by atoms with van der Waals surface area (Å²) in [5, 5.41) is 9.12. The standard InChI is InChI=1S/C15H16ClN3O3/c1-2-10(22-13-6-4-3-5-11(13)16)9-17-15(21)12-7-8-14(20)19-18-12/h3-8,10H,2,9H2,1H3,(H,17,21)(H,19,20)/t10-/m0/s1. The number of carbonyl (C=O) groups is 1. The molecule has 0 aliphatic heterocycles. The molecule has 0 spiro atoms. The average molecular weight is 322 g/mol. The first-order chi connectivity index (χ1) is 10.6. The van der Waals surface area contributed by atoms with Gasteiger partial charge >= 0.3 is 0 Å². The number of nitrogens with one attached hydrogen (secondary N) is 2. The maximum atomic E-state index is 11.9. The van der Waals surface area contributed by atoms with Gasteiger partial charge in [0.05, 0.1) is 11.6 Å². The van der Waals surface area contributed by atoms with Crippen molar-refractivity contribution >= 4 is 17.5 Å². The highest BCUT2D eigenvalue weighted by molar-refractivity contribution is 6.32. The van der Waals surface area contributed by atoms with Crippen LogP contribution in [0.4, 0.5) is 0 Å². The number of carbonyl (C=O) groups excluding carboxylic acids is 1. The smallest absolute Gasteiger partial charge is 0.271 e. The van der Waals surface area contributed by atoms with Crippen LogP contribution in [0.5, 0.6) is 5.75 Å². The SMILES string of the molecule is CC[C@@H](CNC(=O)c1ccc(=O)[nH]n1)Oc1ccccc1Cl. The van der Waals surface area contributed by atoms with Gasteiger partial charge in [-0.05, 0) is 24.6 Å². The summed E-state index contributed by atoms with van der Waals surface area (Å²) >= 11 is 6.04. The van der Waals surface area contributed by atoms with Crippen LogP contribution in [0.3, 0.4) is 0 Å². The van der Waals surface area contributed by atoms with Gasteiger partial charge < -0.3 is 10.1 Å². The molecule has 2 N–H and O–H groups in total. The first-order valence-electron chi connectivity index (χ1n) is 6.85. The molecule has 0 saturated heterocycles. The van der Waals surface area contributed by atoms with Crippen LogP contribution in [-0.2, 0) is 0 Å². The molecule has 2 aromatic rings. The van der Waals surface area contributed by atoms with E-state index in [1.165, 1.54) is 12.1 Å². The van der Waals surface area contributed by atoms with Crippen LogP contribution in [0, 0.1) is 0 Å². The zero-order valence-corrected chi connectivity index (χ0v) is 12.8. The number of aromatic amines is 1. The van der Waals surface area contributed by atoms with Crippen LogP contribution in [0.15, 0.2) is 41.2 Å². The zero-order valence-electron chi connectivity index (χ0n) is 12.0. The topological polar surface area (TPSA) is 84.1 Å². The number of ether oxygens (including phenoxy) is 1. The van der Waals surface area contributed by atoms with Crippen LogP contribution in [0.1, 0.15) is 23.8 Å². The number of rotatable bonds is 6. The number of para-hydroxylation sites is 1. The van der Waals surface area contributed by atoms with Crippen molar-refractivity contribution < 1.29 is 9.53 Å². The molecule has 0 radical (unpaired) electrons. The molecule has 6 nitrogen and oxygen atoms in total. The lowest BCUT2D eigenvalue weighted by molar-refractivity contribution is 0.0920. The number of hydrogen-bond donors (Lipinski definition) is 2. The Kier molecular flexibility index (Phi) is 5.55. The molecule has 0 aliphatic rings. The lowest BCUT2D eigenvalue weighted by Gasteiger charge is -2.18. The maximum absolute atomic E-state index is 11.9. The Hall–Kier alpha value is -2.34. The van der Waals surface area contributed by atoms with Crippen LogP contribution in [0.25, 0.3) is 0 Å². The molecule has 0 aliphatic carbocycles. The Balaban J connectivity index is 1.93. The van der Waals surface area contributed by atoms with E-state index in [2.05, 4.69) is 15.5 Å². The lowest BCUT2D eigenvalue weighted by atomic mass is 10.2. The molecule has 7 heteroatoms. The van der Waals surface area contributed by atoms with E-state index in [4.69, 9.17) is 16.3 Å². The Morgan fingerprint density at radius 1 is 1.36 bits per heavy atom. The predicted octanol–water partition coefficient (Wildman–Crippen LogP) is 2.01. The lowest BCUT2D eigenvalue weighted by Crippen LogP contribution is -2.35. The minimum absolute atomic E-state index is 0.146. The molecule has 0 saturated carbocycles. The van der Waals surface area contributed by atoms with E-state index in [9.17, 15) is 9.59 Å². The van der Waals surface area contributed by atoms with Crippen LogP contribution >= 0.6 is 11.6 Å². The van der Waals surface area contributed by atoms with Gasteiger partial charge in [0, 0.05) is 6.07 Å². The third kappa shape index (κ3) is 4.33. The van der Waals surface area contributed by atoms with E-state index in [-0.39, 0.29) is 23.3 Å². The zero-order chi connectivity index (χ0) is 15.9. The molecule has 1 heterocycles. The average Bonchev–Trinajstić information content (AvgIpc) is 2.53. The molecule has 2 rings (SSSR count). The second kappa shape index (κ2) is 7.61. The highest BCUT2D eigenvalue weighted by atomic mass is 35.5. The van der Waals surface area contributed by atoms with Crippen LogP contribution in [-0.4, -0.2) is 28.8 Å². The van der Waals surface area contributed by atoms with Crippen LogP contribution < -0.4 is 15.6 Å². The van der Waals surface area contributed by atoms with E-state index in [0.29, 0.717) is 23.7 Å². The summed E-state index contributed by atoms with van der Waals surface area (Å²) in [4.78, 5) is 22.8. The first-order valence-corrected chi connectivity index (χ1v) is 7.23. The summed E-state index contributed by atoms with van der Waals surface area (Å²) in [7, 11) is 0. The third-order valence-corrected chi connectivity index (χ3v) is 3.30. The third-order valence-electron chi connectivity index (χ3n) is 2.99. The fourth-order valence-corrected chi connectivity index (χ4v) is 1.94. The number of H-pyrrole nitrogens is 1. The van der Waals surface area contributed by atoms with E-state index >= 15 is 0 Å². The predicted molar refractivity (Wildman–Crippen MR) is 83.3 cm³/mol. The molecule has 0 fully saturated rings. The van der Waals surface area contributed by atoms with Crippen molar-refractivity contribution in [1.29, 1.82) is 0 Å². The molecule has 0 bridgehead atoms. The molecule has 1 amide bonds. The number of halogens is 1. The van der Waals surface area contributed by atoms with Gasteiger partial charge in [-0.3, -0.25) is 9.59 Å². The number of nitrogens with zero attached hydrogens (tertiary/aromatic N) is 1. The second-order valence-electron chi connectivity index (χ2n) is 4.59. The maximum Gasteiger partial charge on any atom is 0.271 e. The number of hydrogen-bond acceptors (Lipinski definition) is 4. The van der Waals surface area contributed by atoms with Gasteiger partial charge in [0.25, 0.3) is 11.5 Å². The molecule has 116 valence electrons. The van der Waals surface area contributed by atoms with Crippen molar-refractivity contribution in [2.45, 2.75) is 19.4 Å². The largest absolute Gasteiger partial charge is 0.487 e.